The lowest BCUT2D eigenvalue weighted by Crippen LogP contribution is -2.36. The van der Waals surface area contributed by atoms with Gasteiger partial charge >= 0.3 is 29.8 Å². The number of carbonyl (C=O) groups is 5. The van der Waals surface area contributed by atoms with E-state index >= 15 is 0 Å². The largest absolute Gasteiger partial charge is 0.494 e. The molecule has 4 atom stereocenters. The number of benzene rings is 3. The molecule has 2 fully saturated rings. The molecule has 0 bridgehead atoms. The molecule has 3 aromatic carbocycles. The predicted molar refractivity (Wildman–Crippen MR) is 222 cm³/mol. The topological polar surface area (TPSA) is 216 Å². The van der Waals surface area contributed by atoms with E-state index in [0.717, 1.165) is 12.2 Å². The van der Waals surface area contributed by atoms with Crippen molar-refractivity contribution in [2.24, 2.45) is 0 Å². The van der Waals surface area contributed by atoms with E-state index in [1.54, 1.807) is 60.7 Å². The zero-order valence-electron chi connectivity index (χ0n) is 34.1. The predicted octanol–water partition coefficient (Wildman–Crippen LogP) is 5.82. The summed E-state index contributed by atoms with van der Waals surface area (Å²) in [6, 6.07) is 23.0. The maximum atomic E-state index is 13.1. The van der Waals surface area contributed by atoms with Crippen LogP contribution in [-0.2, 0) is 47.6 Å². The van der Waals surface area contributed by atoms with Gasteiger partial charge in [0.25, 0.3) is 0 Å². The highest BCUT2D eigenvalue weighted by Gasteiger charge is 2.51. The Morgan fingerprint density at radius 1 is 0.587 bits per heavy atom. The molecule has 326 valence electrons. The van der Waals surface area contributed by atoms with Crippen molar-refractivity contribution < 1.29 is 66.6 Å². The molecule has 16 nitrogen and oxygen atoms in total. The molecule has 2 aliphatic rings. The van der Waals surface area contributed by atoms with Crippen LogP contribution in [0, 0.1) is 22.7 Å². The molecule has 5 rings (SSSR count). The summed E-state index contributed by atoms with van der Waals surface area (Å²) in [7, 11) is 0. The summed E-state index contributed by atoms with van der Waals surface area (Å²) in [5.74, 6) is -2.01. The average molecular weight is 861 g/mol. The van der Waals surface area contributed by atoms with E-state index in [-0.39, 0.29) is 48.9 Å². The molecule has 2 unspecified atom stereocenters. The van der Waals surface area contributed by atoms with Crippen LogP contribution in [0.25, 0.3) is 12.2 Å². The van der Waals surface area contributed by atoms with Gasteiger partial charge in [-0.15, -0.1) is 0 Å². The Bertz CT molecular complexity index is 2250. The third-order valence-corrected chi connectivity index (χ3v) is 9.28. The number of unbranched alkanes of at least 4 members (excludes halogenated alkanes) is 2. The van der Waals surface area contributed by atoms with Gasteiger partial charge in [0, 0.05) is 12.2 Å². The Morgan fingerprint density at radius 3 is 1.40 bits per heavy atom. The zero-order chi connectivity index (χ0) is 45.0. The first-order valence-corrected chi connectivity index (χ1v) is 19.9. The Labute approximate surface area is 363 Å². The molecule has 2 saturated heterocycles. The number of esters is 5. The molecule has 3 aromatic rings. The van der Waals surface area contributed by atoms with Gasteiger partial charge in [0.15, 0.2) is 12.2 Å². The molecule has 0 amide bonds. The molecule has 0 aromatic heterocycles. The van der Waals surface area contributed by atoms with E-state index < -0.39 is 54.3 Å². The normalized spacial score (nSPS) is 17.7. The second-order valence-corrected chi connectivity index (χ2v) is 13.7. The molecule has 0 aliphatic carbocycles. The summed E-state index contributed by atoms with van der Waals surface area (Å²) in [5, 5.41) is 19.5. The van der Waals surface area contributed by atoms with E-state index in [1.807, 2.05) is 12.1 Å². The lowest BCUT2D eigenvalue weighted by molar-refractivity contribution is -0.150. The number of carbonyl (C=O) groups excluding carboxylic acids is 5. The zero-order valence-corrected chi connectivity index (χ0v) is 34.1. The van der Waals surface area contributed by atoms with Crippen molar-refractivity contribution in [1.82, 2.24) is 0 Å². The minimum absolute atomic E-state index is 0.0760. The first-order chi connectivity index (χ1) is 30.6. The fourth-order valence-electron chi connectivity index (χ4n) is 6.04. The fraction of sp³-hybridized carbons (Fsp3) is 0.298. The van der Waals surface area contributed by atoms with E-state index in [1.165, 1.54) is 24.3 Å². The first kappa shape index (κ1) is 46.5. The van der Waals surface area contributed by atoms with Crippen LogP contribution in [0.2, 0.25) is 0 Å². The number of ether oxygens (including phenoxy) is 9. The van der Waals surface area contributed by atoms with Gasteiger partial charge in [-0.1, -0.05) is 37.4 Å². The van der Waals surface area contributed by atoms with Crippen LogP contribution in [0.1, 0.15) is 47.2 Å². The average Bonchev–Trinajstić information content (AvgIpc) is 3.90. The van der Waals surface area contributed by atoms with E-state index in [0.29, 0.717) is 61.5 Å². The minimum atomic E-state index is -0.926. The van der Waals surface area contributed by atoms with Gasteiger partial charge in [0.2, 0.25) is 0 Å². The molecular formula is C47H44N2O14. The molecule has 0 N–H and O–H groups in total. The van der Waals surface area contributed by atoms with Gasteiger partial charge in [-0.3, -0.25) is 0 Å². The first-order valence-electron chi connectivity index (χ1n) is 19.9. The molecule has 63 heavy (non-hydrogen) atoms. The Morgan fingerprint density at radius 2 is 0.984 bits per heavy atom. The second kappa shape index (κ2) is 24.0. The van der Waals surface area contributed by atoms with Gasteiger partial charge in [0.1, 0.15) is 52.7 Å². The van der Waals surface area contributed by atoms with Gasteiger partial charge in [0.05, 0.1) is 45.2 Å². The van der Waals surface area contributed by atoms with Crippen LogP contribution in [0.4, 0.5) is 0 Å². The summed E-state index contributed by atoms with van der Waals surface area (Å²) in [6.07, 6.45) is 4.09. The van der Waals surface area contributed by atoms with Gasteiger partial charge in [-0.25, -0.2) is 24.0 Å². The van der Waals surface area contributed by atoms with Crippen molar-refractivity contribution in [3.8, 4) is 29.4 Å². The Balaban J connectivity index is 1.05. The third kappa shape index (κ3) is 14.3. The molecular weight excluding hydrogens is 817 g/mol. The summed E-state index contributed by atoms with van der Waals surface area (Å²) in [5.41, 5.74) is 0.727. The Hall–Kier alpha value is -7.53. The monoisotopic (exact) mass is 860 g/mol. The maximum Gasteiger partial charge on any atom is 0.349 e. The van der Waals surface area contributed by atoms with Crippen LogP contribution >= 0.6 is 0 Å². The number of nitrogens with zero attached hydrogens (tertiary/aromatic N) is 2. The van der Waals surface area contributed by atoms with Crippen LogP contribution in [0.3, 0.4) is 0 Å². The Kier molecular flexibility index (Phi) is 17.8. The number of fused-ring (bicyclic) bond motifs is 1. The van der Waals surface area contributed by atoms with E-state index in [2.05, 4.69) is 13.2 Å². The van der Waals surface area contributed by atoms with Crippen LogP contribution < -0.4 is 14.2 Å². The van der Waals surface area contributed by atoms with Crippen molar-refractivity contribution in [2.75, 3.05) is 39.6 Å². The highest BCUT2D eigenvalue weighted by molar-refractivity contribution is 5.99. The minimum Gasteiger partial charge on any atom is -0.494 e. The van der Waals surface area contributed by atoms with Gasteiger partial charge in [-0.2, -0.15) is 10.5 Å². The summed E-state index contributed by atoms with van der Waals surface area (Å²) in [6.45, 7) is 7.86. The number of rotatable bonds is 22. The highest BCUT2D eigenvalue weighted by atomic mass is 16.7. The standard InChI is InChI=1S/C47H44N2O14/c1-3-41(50)57-23-7-5-21-55-36-15-9-31(10-16-36)25-34(27-48)46(53)62-39-29-59-44-40(30-60-43(39)44)63-47(54)35(28-49)26-32-11-17-38(18-12-32)61-45(52)33-13-19-37(20-14-33)56-22-6-8-24-58-42(51)4-2/h3-4,9-20,25-26,39-40,43-44H,1-2,5-8,21-24,29-30H2/b34-25+,35-26+/t39-,40+,43?,44?/m1/s1. The maximum absolute atomic E-state index is 13.1. The fourth-order valence-corrected chi connectivity index (χ4v) is 6.04. The highest BCUT2D eigenvalue weighted by Crippen LogP contribution is 2.32. The summed E-state index contributed by atoms with van der Waals surface area (Å²) in [4.78, 5) is 61.0. The molecule has 0 radical (unpaired) electrons. The molecule has 0 spiro atoms. The third-order valence-electron chi connectivity index (χ3n) is 9.28. The quantitative estimate of drug-likeness (QED) is 0.0291. The van der Waals surface area contributed by atoms with Crippen molar-refractivity contribution in [2.45, 2.75) is 50.1 Å². The summed E-state index contributed by atoms with van der Waals surface area (Å²) >= 11 is 0. The van der Waals surface area contributed by atoms with Crippen LogP contribution in [0.5, 0.6) is 17.2 Å². The van der Waals surface area contributed by atoms with Crippen molar-refractivity contribution >= 4 is 42.0 Å². The smallest absolute Gasteiger partial charge is 0.349 e. The molecule has 2 heterocycles. The van der Waals surface area contributed by atoms with E-state index in [9.17, 15) is 34.5 Å². The summed E-state index contributed by atoms with van der Waals surface area (Å²) < 4.78 is 49.4. The van der Waals surface area contributed by atoms with Gasteiger partial charge < -0.3 is 42.6 Å². The SMILES string of the molecule is C=CC(=O)OCCCCOc1ccc(/C=C(\C#N)C(=O)O[C@@H]2COC3C2OC[C@@H]3OC(=O)/C(C#N)=C/c2ccc(OC(=O)c3ccc(OCCCCOC(=O)C=C)cc3)cc2)cc1. The van der Waals surface area contributed by atoms with E-state index in [4.69, 9.17) is 42.6 Å². The number of hydrogen-bond acceptors (Lipinski definition) is 16. The lowest BCUT2D eigenvalue weighted by Gasteiger charge is -2.17. The molecule has 2 aliphatic heterocycles. The van der Waals surface area contributed by atoms with Crippen molar-refractivity contribution in [3.63, 3.8) is 0 Å². The number of nitriles is 2. The molecule has 0 saturated carbocycles. The number of hydrogen-bond donors (Lipinski definition) is 0. The van der Waals surface area contributed by atoms with Crippen LogP contribution in [-0.4, -0.2) is 93.9 Å². The van der Waals surface area contributed by atoms with Crippen molar-refractivity contribution in [1.29, 1.82) is 10.5 Å². The molecule has 16 heteroatoms. The van der Waals surface area contributed by atoms with Crippen LogP contribution in [0.15, 0.2) is 109 Å². The van der Waals surface area contributed by atoms with Crippen molar-refractivity contribution in [3.05, 3.63) is 126 Å². The lowest BCUT2D eigenvalue weighted by atomic mass is 10.1. The second-order valence-electron chi connectivity index (χ2n) is 13.7. The van der Waals surface area contributed by atoms with Gasteiger partial charge in [-0.05, 0) is 97.5 Å².